The third kappa shape index (κ3) is 2.19. The van der Waals surface area contributed by atoms with Gasteiger partial charge in [-0.15, -0.1) is 6.58 Å². The first-order valence-electron chi connectivity index (χ1n) is 6.47. The average molecular weight is 275 g/mol. The average Bonchev–Trinajstić information content (AvgIpc) is 2.76. The van der Waals surface area contributed by atoms with Gasteiger partial charge in [-0.1, -0.05) is 12.1 Å². The largest absolute Gasteiger partial charge is 0.493 e. The molecule has 0 radical (unpaired) electrons. The van der Waals surface area contributed by atoms with Crippen molar-refractivity contribution in [2.24, 2.45) is 10.7 Å². The van der Waals surface area contributed by atoms with Gasteiger partial charge >= 0.3 is 0 Å². The van der Waals surface area contributed by atoms with Crippen LogP contribution in [0.4, 0.5) is 0 Å². The minimum Gasteiger partial charge on any atom is -0.493 e. The van der Waals surface area contributed by atoms with Gasteiger partial charge in [0.15, 0.2) is 17.5 Å². The molecule has 5 heteroatoms. The Kier molecular flexibility index (Phi) is 3.88. The summed E-state index contributed by atoms with van der Waals surface area (Å²) in [6, 6.07) is 5.90. The van der Waals surface area contributed by atoms with Gasteiger partial charge in [0.1, 0.15) is 0 Å². The topological polar surface area (TPSA) is 60.1 Å². The van der Waals surface area contributed by atoms with Crippen molar-refractivity contribution in [2.75, 3.05) is 27.3 Å². The molecule has 2 rings (SSSR count). The van der Waals surface area contributed by atoms with Crippen LogP contribution in [-0.2, 0) is 5.54 Å². The van der Waals surface area contributed by atoms with E-state index >= 15 is 0 Å². The van der Waals surface area contributed by atoms with Crippen LogP contribution in [0.2, 0.25) is 0 Å². The number of methoxy groups -OCH3 is 2. The van der Waals surface area contributed by atoms with E-state index in [0.717, 1.165) is 5.56 Å². The van der Waals surface area contributed by atoms with Gasteiger partial charge in [-0.25, -0.2) is 0 Å². The molecule has 0 aliphatic carbocycles. The van der Waals surface area contributed by atoms with Gasteiger partial charge in [-0.05, 0) is 24.6 Å². The molecule has 108 valence electrons. The number of nitrogens with zero attached hydrogens (tertiary/aromatic N) is 2. The zero-order valence-corrected chi connectivity index (χ0v) is 12.2. The number of nitrogens with two attached hydrogens (primary N) is 1. The van der Waals surface area contributed by atoms with Gasteiger partial charge in [-0.2, -0.15) is 0 Å². The molecule has 5 nitrogen and oxygen atoms in total. The second-order valence-electron chi connectivity index (χ2n) is 4.92. The summed E-state index contributed by atoms with van der Waals surface area (Å²) in [5.41, 5.74) is 6.77. The third-order valence-corrected chi connectivity index (χ3v) is 3.74. The van der Waals surface area contributed by atoms with Gasteiger partial charge in [0.25, 0.3) is 0 Å². The highest BCUT2D eigenvalue weighted by atomic mass is 16.5. The zero-order valence-electron chi connectivity index (χ0n) is 12.2. The molecule has 0 aromatic heterocycles. The molecule has 0 fully saturated rings. The van der Waals surface area contributed by atoms with Gasteiger partial charge in [0.2, 0.25) is 0 Å². The van der Waals surface area contributed by atoms with Crippen LogP contribution in [-0.4, -0.2) is 38.2 Å². The maximum Gasteiger partial charge on any atom is 0.192 e. The molecule has 0 bridgehead atoms. The smallest absolute Gasteiger partial charge is 0.192 e. The molecule has 1 unspecified atom stereocenters. The Labute approximate surface area is 119 Å². The van der Waals surface area contributed by atoms with E-state index in [0.29, 0.717) is 30.5 Å². The zero-order chi connectivity index (χ0) is 14.8. The summed E-state index contributed by atoms with van der Waals surface area (Å²) in [5, 5.41) is 0. The van der Waals surface area contributed by atoms with E-state index in [4.69, 9.17) is 15.2 Å². The summed E-state index contributed by atoms with van der Waals surface area (Å²) in [6.07, 6.45) is 1.83. The van der Waals surface area contributed by atoms with Gasteiger partial charge in [0, 0.05) is 6.54 Å². The molecule has 20 heavy (non-hydrogen) atoms. The summed E-state index contributed by atoms with van der Waals surface area (Å²) in [4.78, 5) is 6.41. The minimum absolute atomic E-state index is 0.294. The fourth-order valence-corrected chi connectivity index (χ4v) is 2.50. The molecule has 0 amide bonds. The first-order chi connectivity index (χ1) is 9.56. The molecule has 0 saturated carbocycles. The maximum absolute atomic E-state index is 5.98. The van der Waals surface area contributed by atoms with Crippen molar-refractivity contribution in [2.45, 2.75) is 12.5 Å². The number of hydrogen-bond acceptors (Lipinski definition) is 5. The van der Waals surface area contributed by atoms with E-state index in [2.05, 4.69) is 18.5 Å². The first-order valence-corrected chi connectivity index (χ1v) is 6.47. The summed E-state index contributed by atoms with van der Waals surface area (Å²) >= 11 is 0. The molecule has 1 atom stereocenters. The van der Waals surface area contributed by atoms with Crippen LogP contribution in [0.15, 0.2) is 35.8 Å². The highest BCUT2D eigenvalue weighted by Gasteiger charge is 2.39. The Hall–Kier alpha value is -2.17. The molecule has 2 N–H and O–H groups in total. The number of guanidine groups is 1. The van der Waals surface area contributed by atoms with E-state index in [1.54, 1.807) is 14.2 Å². The standard InChI is InChI=1S/C15H21N3O2/c1-5-8-18-14(16)17-10-15(18,2)11-6-7-12(19-3)13(9-11)20-4/h5-7,9H,1,8,10H2,2-4H3,(H2,16,17). The lowest BCUT2D eigenvalue weighted by atomic mass is 9.90. The quantitative estimate of drug-likeness (QED) is 0.831. The van der Waals surface area contributed by atoms with Crippen LogP contribution >= 0.6 is 0 Å². The SMILES string of the molecule is C=CCN1C(N)=NCC1(C)c1ccc(OC)c(OC)c1. The summed E-state index contributed by atoms with van der Waals surface area (Å²) < 4.78 is 10.6. The second kappa shape index (κ2) is 5.45. The molecule has 0 spiro atoms. The number of ether oxygens (including phenoxy) is 2. The van der Waals surface area contributed by atoms with Crippen LogP contribution in [0.5, 0.6) is 11.5 Å². The highest BCUT2D eigenvalue weighted by molar-refractivity contribution is 5.81. The molecule has 1 aromatic rings. The normalized spacial score (nSPS) is 21.6. The lowest BCUT2D eigenvalue weighted by molar-refractivity contribution is 0.243. The minimum atomic E-state index is -0.294. The van der Waals surface area contributed by atoms with E-state index in [-0.39, 0.29) is 5.54 Å². The Morgan fingerprint density at radius 1 is 1.40 bits per heavy atom. The van der Waals surface area contributed by atoms with Crippen molar-refractivity contribution >= 4 is 5.96 Å². The molecule has 0 saturated heterocycles. The van der Waals surface area contributed by atoms with E-state index in [9.17, 15) is 0 Å². The lowest BCUT2D eigenvalue weighted by Crippen LogP contribution is -2.47. The molecule has 1 aliphatic heterocycles. The summed E-state index contributed by atoms with van der Waals surface area (Å²) in [7, 11) is 3.25. The second-order valence-corrected chi connectivity index (χ2v) is 4.92. The predicted molar refractivity (Wildman–Crippen MR) is 80.3 cm³/mol. The summed E-state index contributed by atoms with van der Waals surface area (Å²) in [5.74, 6) is 1.96. The van der Waals surface area contributed by atoms with Crippen LogP contribution < -0.4 is 15.2 Å². The van der Waals surface area contributed by atoms with Crippen LogP contribution in [0, 0.1) is 0 Å². The van der Waals surface area contributed by atoms with E-state index in [1.165, 1.54) is 0 Å². The Bertz CT molecular complexity index is 542. The Morgan fingerprint density at radius 2 is 2.10 bits per heavy atom. The number of aliphatic imine (C=N–C) groups is 1. The van der Waals surface area contributed by atoms with Crippen molar-refractivity contribution in [3.8, 4) is 11.5 Å². The molecule has 1 heterocycles. The van der Waals surface area contributed by atoms with Crippen molar-refractivity contribution in [3.05, 3.63) is 36.4 Å². The Balaban J connectivity index is 2.42. The van der Waals surface area contributed by atoms with Gasteiger partial charge in [-0.3, -0.25) is 4.99 Å². The van der Waals surface area contributed by atoms with Crippen LogP contribution in [0.3, 0.4) is 0 Å². The lowest BCUT2D eigenvalue weighted by Gasteiger charge is -2.36. The van der Waals surface area contributed by atoms with E-state index < -0.39 is 0 Å². The number of rotatable bonds is 5. The van der Waals surface area contributed by atoms with Crippen molar-refractivity contribution in [1.29, 1.82) is 0 Å². The molecule has 1 aromatic carbocycles. The molecular weight excluding hydrogens is 254 g/mol. The van der Waals surface area contributed by atoms with Crippen molar-refractivity contribution in [1.82, 2.24) is 4.90 Å². The molecule has 1 aliphatic rings. The van der Waals surface area contributed by atoms with Crippen molar-refractivity contribution < 1.29 is 9.47 Å². The fraction of sp³-hybridized carbons (Fsp3) is 0.400. The van der Waals surface area contributed by atoms with Crippen molar-refractivity contribution in [3.63, 3.8) is 0 Å². The first kappa shape index (κ1) is 14.2. The van der Waals surface area contributed by atoms with Crippen LogP contribution in [0.25, 0.3) is 0 Å². The predicted octanol–water partition coefficient (Wildman–Crippen LogP) is 1.74. The number of benzene rings is 1. The fourth-order valence-electron chi connectivity index (χ4n) is 2.50. The van der Waals surface area contributed by atoms with E-state index in [1.807, 2.05) is 29.2 Å². The Morgan fingerprint density at radius 3 is 2.70 bits per heavy atom. The third-order valence-electron chi connectivity index (χ3n) is 3.74. The van der Waals surface area contributed by atoms with Gasteiger partial charge < -0.3 is 20.1 Å². The highest BCUT2D eigenvalue weighted by Crippen LogP contribution is 2.37. The maximum atomic E-state index is 5.98. The van der Waals surface area contributed by atoms with Crippen LogP contribution in [0.1, 0.15) is 12.5 Å². The van der Waals surface area contributed by atoms with Gasteiger partial charge in [0.05, 0.1) is 26.3 Å². The molecular formula is C15H21N3O2. The number of hydrogen-bond donors (Lipinski definition) is 1. The monoisotopic (exact) mass is 275 g/mol. The summed E-state index contributed by atoms with van der Waals surface area (Å²) in [6.45, 7) is 7.16.